The highest BCUT2D eigenvalue weighted by molar-refractivity contribution is 8.01. The number of pyridine rings is 1. The largest absolute Gasteiger partial charge is 0.382 e. The van der Waals surface area contributed by atoms with Gasteiger partial charge in [0.05, 0.1) is 0 Å². The molecule has 0 aliphatic heterocycles. The number of nitrogens with one attached hydrogen (secondary N) is 1. The van der Waals surface area contributed by atoms with Crippen LogP contribution >= 0.6 is 23.3 Å². The molecule has 0 aliphatic rings. The van der Waals surface area contributed by atoms with E-state index >= 15 is 0 Å². The number of rotatable bonds is 3. The van der Waals surface area contributed by atoms with Gasteiger partial charge in [-0.1, -0.05) is 11.8 Å². The van der Waals surface area contributed by atoms with Gasteiger partial charge in [0.25, 0.3) is 0 Å². The number of nitrogens with two attached hydrogens (primary N) is 1. The van der Waals surface area contributed by atoms with E-state index in [9.17, 15) is 0 Å². The lowest BCUT2D eigenvalue weighted by atomic mass is 10.3. The summed E-state index contributed by atoms with van der Waals surface area (Å²) >= 11 is 2.71. The summed E-state index contributed by atoms with van der Waals surface area (Å²) in [7, 11) is 0. The van der Waals surface area contributed by atoms with Gasteiger partial charge in [0, 0.05) is 11.1 Å². The van der Waals surface area contributed by atoms with Crippen LogP contribution in [0.1, 0.15) is 5.69 Å². The zero-order valence-electron chi connectivity index (χ0n) is 7.54. The number of amidine groups is 1. The van der Waals surface area contributed by atoms with Crippen LogP contribution in [0.3, 0.4) is 0 Å². The van der Waals surface area contributed by atoms with E-state index < -0.39 is 0 Å². The van der Waals surface area contributed by atoms with Crippen LogP contribution in [0, 0.1) is 5.41 Å². The third-order valence-corrected chi connectivity index (χ3v) is 3.33. The molecule has 0 spiro atoms. The van der Waals surface area contributed by atoms with Crippen LogP contribution in [-0.2, 0) is 0 Å². The van der Waals surface area contributed by atoms with Gasteiger partial charge in [0.2, 0.25) is 0 Å². The third-order valence-electron chi connectivity index (χ3n) is 1.56. The van der Waals surface area contributed by atoms with E-state index in [-0.39, 0.29) is 5.84 Å². The second kappa shape index (κ2) is 4.37. The van der Waals surface area contributed by atoms with Crippen molar-refractivity contribution in [2.75, 3.05) is 0 Å². The summed E-state index contributed by atoms with van der Waals surface area (Å²) in [6.45, 7) is 0. The van der Waals surface area contributed by atoms with E-state index in [0.717, 1.165) is 9.24 Å². The molecule has 3 N–H and O–H groups in total. The topological polar surface area (TPSA) is 88.5 Å². The normalized spacial score (nSPS) is 10.1. The van der Waals surface area contributed by atoms with Gasteiger partial charge in [0.15, 0.2) is 4.34 Å². The fourth-order valence-electron chi connectivity index (χ4n) is 0.977. The molecule has 5 nitrogen and oxygen atoms in total. The molecule has 0 aliphatic carbocycles. The van der Waals surface area contributed by atoms with Crippen molar-refractivity contribution in [3.8, 4) is 0 Å². The first-order valence-electron chi connectivity index (χ1n) is 4.01. The Balaban J connectivity index is 2.32. The van der Waals surface area contributed by atoms with Crippen molar-refractivity contribution < 1.29 is 0 Å². The van der Waals surface area contributed by atoms with Crippen LogP contribution in [0.2, 0.25) is 0 Å². The highest BCUT2D eigenvalue weighted by Crippen LogP contribution is 2.29. The summed E-state index contributed by atoms with van der Waals surface area (Å²) in [6, 6.07) is 3.66. The summed E-state index contributed by atoms with van der Waals surface area (Å²) in [5, 5.41) is 7.37. The van der Waals surface area contributed by atoms with Crippen LogP contribution in [0.5, 0.6) is 0 Å². The van der Waals surface area contributed by atoms with Crippen LogP contribution in [0.15, 0.2) is 33.9 Å². The number of hydrogen-bond donors (Lipinski definition) is 2. The first-order chi connectivity index (χ1) is 7.27. The summed E-state index contributed by atoms with van der Waals surface area (Å²) in [5.74, 6) is -0.0392. The molecule has 76 valence electrons. The first kappa shape index (κ1) is 10.1. The van der Waals surface area contributed by atoms with Gasteiger partial charge in [-0.3, -0.25) is 10.4 Å². The molecule has 0 amide bonds. The molecule has 0 saturated heterocycles. The average molecular weight is 237 g/mol. The molecule has 7 heteroatoms. The number of nitrogen functional groups attached to an aromatic ring is 1. The lowest BCUT2D eigenvalue weighted by Crippen LogP contribution is -2.14. The van der Waals surface area contributed by atoms with Crippen LogP contribution in [0.4, 0.5) is 0 Å². The van der Waals surface area contributed by atoms with Crippen molar-refractivity contribution in [1.29, 1.82) is 5.41 Å². The Bertz CT molecular complexity index is 468. The molecule has 0 bridgehead atoms. The third kappa shape index (κ3) is 2.31. The number of nitrogens with zero attached hydrogens (tertiary/aromatic N) is 3. The lowest BCUT2D eigenvalue weighted by Gasteiger charge is -2.03. The molecule has 15 heavy (non-hydrogen) atoms. The minimum atomic E-state index is -0.0392. The molecule has 0 aromatic carbocycles. The number of hydrogen-bond acceptors (Lipinski definition) is 6. The monoisotopic (exact) mass is 237 g/mol. The predicted octanol–water partition coefficient (Wildman–Crippen LogP) is 1.37. The zero-order chi connectivity index (χ0) is 10.7. The van der Waals surface area contributed by atoms with Gasteiger partial charge in [0.1, 0.15) is 17.9 Å². The number of aromatic nitrogens is 3. The summed E-state index contributed by atoms with van der Waals surface area (Å²) in [4.78, 5) is 8.91. The molecule has 2 heterocycles. The maximum atomic E-state index is 7.37. The minimum absolute atomic E-state index is 0.0392. The molecular formula is C8H7N5S2. The molecule has 2 aromatic rings. The Hall–Kier alpha value is -1.47. The molecule has 2 aromatic heterocycles. The molecule has 0 atom stereocenters. The molecular weight excluding hydrogens is 230 g/mol. The first-order valence-corrected chi connectivity index (χ1v) is 5.60. The summed E-state index contributed by atoms with van der Waals surface area (Å²) in [6.07, 6.45) is 3.11. The summed E-state index contributed by atoms with van der Waals surface area (Å²) in [5.41, 5.74) is 5.90. The Morgan fingerprint density at radius 2 is 2.33 bits per heavy atom. The summed E-state index contributed by atoms with van der Waals surface area (Å²) < 4.78 is 4.71. The second-order valence-electron chi connectivity index (χ2n) is 2.57. The molecule has 2 rings (SSSR count). The van der Waals surface area contributed by atoms with E-state index in [0.29, 0.717) is 5.69 Å². The Morgan fingerprint density at radius 1 is 1.47 bits per heavy atom. The fraction of sp³-hybridized carbons (Fsp3) is 0. The van der Waals surface area contributed by atoms with Gasteiger partial charge in [-0.2, -0.15) is 4.37 Å². The fourth-order valence-corrected chi connectivity index (χ4v) is 2.50. The lowest BCUT2D eigenvalue weighted by molar-refractivity contribution is 1.16. The smallest absolute Gasteiger partial charge is 0.174 e. The van der Waals surface area contributed by atoms with Crippen molar-refractivity contribution in [2.45, 2.75) is 9.24 Å². The second-order valence-corrected chi connectivity index (χ2v) is 4.64. The average Bonchev–Trinajstić information content (AvgIpc) is 2.71. The van der Waals surface area contributed by atoms with Crippen molar-refractivity contribution >= 4 is 29.1 Å². The van der Waals surface area contributed by atoms with Crippen LogP contribution in [0.25, 0.3) is 0 Å². The quantitative estimate of drug-likeness (QED) is 0.621. The Labute approximate surface area is 94.4 Å². The van der Waals surface area contributed by atoms with E-state index in [1.54, 1.807) is 12.3 Å². The maximum Gasteiger partial charge on any atom is 0.174 e. The van der Waals surface area contributed by atoms with Crippen LogP contribution < -0.4 is 5.73 Å². The zero-order valence-corrected chi connectivity index (χ0v) is 9.18. The predicted molar refractivity (Wildman–Crippen MR) is 59.3 cm³/mol. The Morgan fingerprint density at radius 3 is 3.00 bits per heavy atom. The van der Waals surface area contributed by atoms with Gasteiger partial charge in [-0.15, -0.1) is 0 Å². The van der Waals surface area contributed by atoms with Crippen molar-refractivity contribution in [3.63, 3.8) is 0 Å². The molecule has 0 saturated carbocycles. The molecule has 0 fully saturated rings. The van der Waals surface area contributed by atoms with E-state index in [1.165, 1.54) is 29.6 Å². The van der Waals surface area contributed by atoms with Crippen molar-refractivity contribution in [2.24, 2.45) is 5.73 Å². The van der Waals surface area contributed by atoms with Gasteiger partial charge < -0.3 is 5.73 Å². The highest BCUT2D eigenvalue weighted by Gasteiger charge is 2.09. The standard InChI is InChI=1S/C8H7N5S2/c9-7(10)6-5(2-1-3-11-6)14-8-12-4-13-15-8/h1-4H,(H3,9,10). The van der Waals surface area contributed by atoms with Crippen molar-refractivity contribution in [1.82, 2.24) is 14.3 Å². The van der Waals surface area contributed by atoms with Crippen LogP contribution in [-0.4, -0.2) is 20.2 Å². The van der Waals surface area contributed by atoms with Crippen molar-refractivity contribution in [3.05, 3.63) is 30.4 Å². The minimum Gasteiger partial charge on any atom is -0.382 e. The van der Waals surface area contributed by atoms with E-state index in [2.05, 4.69) is 14.3 Å². The van der Waals surface area contributed by atoms with Gasteiger partial charge >= 0.3 is 0 Å². The van der Waals surface area contributed by atoms with Gasteiger partial charge in [-0.05, 0) is 23.7 Å². The highest BCUT2D eigenvalue weighted by atomic mass is 32.2. The van der Waals surface area contributed by atoms with E-state index in [1.807, 2.05) is 6.07 Å². The SMILES string of the molecule is N=C(N)c1ncccc1Sc1ncns1. The molecule has 0 radical (unpaired) electrons. The van der Waals surface area contributed by atoms with Gasteiger partial charge in [-0.25, -0.2) is 4.98 Å². The Kier molecular flexibility index (Phi) is 2.93. The molecule has 0 unspecified atom stereocenters. The maximum absolute atomic E-state index is 7.37. The van der Waals surface area contributed by atoms with E-state index in [4.69, 9.17) is 11.1 Å².